The van der Waals surface area contributed by atoms with Crippen LogP contribution in [0.15, 0.2) is 42.5 Å². The number of halogens is 1. The molecule has 1 saturated heterocycles. The Morgan fingerprint density at radius 3 is 2.65 bits per heavy atom. The molecule has 0 saturated carbocycles. The monoisotopic (exact) mass is 431 g/mol. The summed E-state index contributed by atoms with van der Waals surface area (Å²) in [5, 5.41) is 22.6. The summed E-state index contributed by atoms with van der Waals surface area (Å²) in [6, 6.07) is 10.5. The van der Waals surface area contributed by atoms with Gasteiger partial charge in [-0.1, -0.05) is 12.1 Å². The van der Waals surface area contributed by atoms with Crippen LogP contribution in [0.4, 0.5) is 10.1 Å². The largest absolute Gasteiger partial charge is 0.508 e. The zero-order valence-corrected chi connectivity index (χ0v) is 17.3. The van der Waals surface area contributed by atoms with Gasteiger partial charge in [0.05, 0.1) is 12.2 Å². The van der Waals surface area contributed by atoms with Gasteiger partial charge >= 0.3 is 0 Å². The molecule has 1 heterocycles. The lowest BCUT2D eigenvalue weighted by molar-refractivity contribution is -0.138. The van der Waals surface area contributed by atoms with Crippen molar-refractivity contribution in [1.29, 1.82) is 0 Å². The number of aromatic hydroxyl groups is 1. The van der Waals surface area contributed by atoms with Gasteiger partial charge in [-0.15, -0.1) is 0 Å². The van der Waals surface area contributed by atoms with E-state index in [1.54, 1.807) is 17.0 Å². The molecule has 2 amide bonds. The molecule has 0 spiro atoms. The minimum atomic E-state index is -0.944. The highest BCUT2D eigenvalue weighted by Crippen LogP contribution is 2.29. The second-order valence-corrected chi connectivity index (χ2v) is 7.50. The highest BCUT2D eigenvalue weighted by Gasteiger charge is 2.26. The summed E-state index contributed by atoms with van der Waals surface area (Å²) < 4.78 is 18.6. The Hall–Kier alpha value is -3.17. The third-order valence-electron chi connectivity index (χ3n) is 4.86. The van der Waals surface area contributed by atoms with E-state index in [0.29, 0.717) is 25.3 Å². The number of phenolic OH excluding ortho intramolecular Hbond substituents is 1. The molecular formula is C22H26FN3O5. The first kappa shape index (κ1) is 22.5. The van der Waals surface area contributed by atoms with Crippen LogP contribution in [0.1, 0.15) is 12.5 Å². The summed E-state index contributed by atoms with van der Waals surface area (Å²) in [6.45, 7) is 3.21. The van der Waals surface area contributed by atoms with Gasteiger partial charge in [-0.3, -0.25) is 14.5 Å². The molecule has 3 rings (SSSR count). The number of carbonyl (C=O) groups is 2. The summed E-state index contributed by atoms with van der Waals surface area (Å²) in [5.74, 6) is -0.504. The Morgan fingerprint density at radius 2 is 1.97 bits per heavy atom. The Bertz CT molecular complexity index is 922. The minimum Gasteiger partial charge on any atom is -0.508 e. The zero-order chi connectivity index (χ0) is 22.4. The van der Waals surface area contributed by atoms with Crippen LogP contribution in [0.5, 0.6) is 11.5 Å². The number of ether oxygens (including phenoxy) is 1. The number of rotatable bonds is 8. The molecule has 31 heavy (non-hydrogen) atoms. The van der Waals surface area contributed by atoms with Gasteiger partial charge in [0, 0.05) is 39.2 Å². The van der Waals surface area contributed by atoms with E-state index in [0.717, 1.165) is 5.56 Å². The summed E-state index contributed by atoms with van der Waals surface area (Å²) in [4.78, 5) is 27.3. The van der Waals surface area contributed by atoms with E-state index >= 15 is 0 Å². The first-order chi connectivity index (χ1) is 14.8. The number of anilines is 1. The van der Waals surface area contributed by atoms with Gasteiger partial charge in [0.2, 0.25) is 11.8 Å². The summed E-state index contributed by atoms with van der Waals surface area (Å²) in [6.07, 6.45) is -0.944. The molecule has 0 unspecified atom stereocenters. The lowest BCUT2D eigenvalue weighted by Gasteiger charge is -2.35. The van der Waals surface area contributed by atoms with Crippen molar-refractivity contribution in [2.24, 2.45) is 0 Å². The van der Waals surface area contributed by atoms with Crippen LogP contribution in [0, 0.1) is 5.82 Å². The van der Waals surface area contributed by atoms with Crippen molar-refractivity contribution in [2.45, 2.75) is 19.6 Å². The fourth-order valence-corrected chi connectivity index (χ4v) is 3.35. The average Bonchev–Trinajstić information content (AvgIpc) is 2.71. The van der Waals surface area contributed by atoms with Crippen molar-refractivity contribution >= 4 is 17.5 Å². The summed E-state index contributed by atoms with van der Waals surface area (Å²) in [7, 11) is 0. The first-order valence-corrected chi connectivity index (χ1v) is 9.96. The fourth-order valence-electron chi connectivity index (χ4n) is 3.35. The quantitative estimate of drug-likeness (QED) is 0.549. The smallest absolute Gasteiger partial charge is 0.236 e. The summed E-state index contributed by atoms with van der Waals surface area (Å²) >= 11 is 0. The summed E-state index contributed by atoms with van der Waals surface area (Å²) in [5.41, 5.74) is 1.31. The number of phenols is 1. The second kappa shape index (κ2) is 10.2. The van der Waals surface area contributed by atoms with Crippen molar-refractivity contribution < 1.29 is 28.9 Å². The molecule has 0 aliphatic carbocycles. The van der Waals surface area contributed by atoms with Gasteiger partial charge < -0.3 is 25.2 Å². The van der Waals surface area contributed by atoms with Crippen molar-refractivity contribution in [3.63, 3.8) is 0 Å². The maximum atomic E-state index is 13.0. The Kier molecular flexibility index (Phi) is 7.43. The van der Waals surface area contributed by atoms with Crippen LogP contribution in [-0.2, 0) is 16.1 Å². The SMILES string of the molecule is CC(=O)Nc1ccc(O)cc1OC[C@@H](O)CN1CCN(Cc2ccc(F)cc2)CC1=O. The molecule has 2 aromatic carbocycles. The van der Waals surface area contributed by atoms with E-state index in [4.69, 9.17) is 4.74 Å². The standard InChI is InChI=1S/C22H26FN3O5/c1-15(27)24-20-7-6-18(28)10-21(20)31-14-19(29)12-26-9-8-25(13-22(26)30)11-16-2-4-17(23)5-3-16/h2-7,10,19,28-29H,8-9,11-14H2,1H3,(H,24,27)/t19-/m0/s1. The van der Waals surface area contributed by atoms with Crippen LogP contribution in [-0.4, -0.2) is 70.7 Å². The molecule has 0 aromatic heterocycles. The van der Waals surface area contributed by atoms with E-state index in [9.17, 15) is 24.2 Å². The molecule has 0 bridgehead atoms. The first-order valence-electron chi connectivity index (χ1n) is 9.96. The number of carbonyl (C=O) groups excluding carboxylic acids is 2. The molecular weight excluding hydrogens is 405 g/mol. The zero-order valence-electron chi connectivity index (χ0n) is 17.3. The predicted molar refractivity (Wildman–Crippen MR) is 112 cm³/mol. The topological polar surface area (TPSA) is 102 Å². The third-order valence-corrected chi connectivity index (χ3v) is 4.86. The number of nitrogens with one attached hydrogen (secondary N) is 1. The Labute approximate surface area is 179 Å². The van der Waals surface area contributed by atoms with Gasteiger partial charge in [0.25, 0.3) is 0 Å². The molecule has 0 radical (unpaired) electrons. The number of aliphatic hydroxyl groups excluding tert-OH is 1. The molecule has 2 aromatic rings. The number of hydrogen-bond donors (Lipinski definition) is 3. The number of benzene rings is 2. The average molecular weight is 431 g/mol. The normalized spacial score (nSPS) is 15.6. The molecule has 1 fully saturated rings. The molecule has 1 aliphatic heterocycles. The van der Waals surface area contributed by atoms with E-state index in [1.165, 1.54) is 37.3 Å². The van der Waals surface area contributed by atoms with Crippen LogP contribution < -0.4 is 10.1 Å². The van der Waals surface area contributed by atoms with E-state index in [2.05, 4.69) is 5.32 Å². The number of β-amino-alcohol motifs (C(OH)–C–C–N with tert-alkyl or cyclic N) is 1. The van der Waals surface area contributed by atoms with Gasteiger partial charge in [0.15, 0.2) is 0 Å². The number of aliphatic hydroxyl groups is 1. The molecule has 9 heteroatoms. The molecule has 1 aliphatic rings. The predicted octanol–water partition coefficient (Wildman–Crippen LogP) is 1.57. The van der Waals surface area contributed by atoms with Gasteiger partial charge in [-0.05, 0) is 29.8 Å². The lowest BCUT2D eigenvalue weighted by Crippen LogP contribution is -2.52. The van der Waals surface area contributed by atoms with E-state index in [-0.39, 0.29) is 48.8 Å². The maximum Gasteiger partial charge on any atom is 0.236 e. The van der Waals surface area contributed by atoms with Gasteiger partial charge in [-0.25, -0.2) is 4.39 Å². The highest BCUT2D eigenvalue weighted by molar-refractivity contribution is 5.90. The third kappa shape index (κ3) is 6.66. The van der Waals surface area contributed by atoms with Crippen LogP contribution >= 0.6 is 0 Å². The number of hydrogen-bond acceptors (Lipinski definition) is 6. The molecule has 1 atom stereocenters. The number of piperazine rings is 1. The number of nitrogens with zero attached hydrogens (tertiary/aromatic N) is 2. The van der Waals surface area contributed by atoms with Crippen LogP contribution in [0.25, 0.3) is 0 Å². The van der Waals surface area contributed by atoms with Gasteiger partial charge in [0.1, 0.15) is 30.0 Å². The Balaban J connectivity index is 1.48. The minimum absolute atomic E-state index is 0.0361. The van der Waals surface area contributed by atoms with Crippen LogP contribution in [0.2, 0.25) is 0 Å². The Morgan fingerprint density at radius 1 is 1.23 bits per heavy atom. The number of amides is 2. The highest BCUT2D eigenvalue weighted by atomic mass is 19.1. The second-order valence-electron chi connectivity index (χ2n) is 7.50. The van der Waals surface area contributed by atoms with Crippen molar-refractivity contribution in [1.82, 2.24) is 9.80 Å². The molecule has 3 N–H and O–H groups in total. The fraction of sp³-hybridized carbons (Fsp3) is 0.364. The van der Waals surface area contributed by atoms with Crippen molar-refractivity contribution in [2.75, 3.05) is 38.1 Å². The van der Waals surface area contributed by atoms with Gasteiger partial charge in [-0.2, -0.15) is 0 Å². The molecule has 8 nitrogen and oxygen atoms in total. The molecule has 166 valence electrons. The van der Waals surface area contributed by atoms with E-state index in [1.807, 2.05) is 4.90 Å². The lowest BCUT2D eigenvalue weighted by atomic mass is 10.2. The van der Waals surface area contributed by atoms with Crippen molar-refractivity contribution in [3.05, 3.63) is 53.8 Å². The van der Waals surface area contributed by atoms with E-state index < -0.39 is 6.10 Å². The van der Waals surface area contributed by atoms with Crippen LogP contribution in [0.3, 0.4) is 0 Å². The maximum absolute atomic E-state index is 13.0. The van der Waals surface area contributed by atoms with Crippen molar-refractivity contribution in [3.8, 4) is 11.5 Å².